The Balaban J connectivity index is 1.96. The third-order valence-electron chi connectivity index (χ3n) is 5.98. The zero-order valence-corrected chi connectivity index (χ0v) is 21.4. The Morgan fingerprint density at radius 1 is 1.03 bits per heavy atom. The highest BCUT2D eigenvalue weighted by molar-refractivity contribution is 5.43. The fourth-order valence-corrected chi connectivity index (χ4v) is 3.85. The number of aryl methyl sites for hydroxylation is 2. The van der Waals surface area contributed by atoms with Crippen molar-refractivity contribution in [2.24, 2.45) is 0 Å². The van der Waals surface area contributed by atoms with Crippen LogP contribution in [-0.2, 0) is 11.3 Å². The molecule has 1 N–H and O–H groups in total. The van der Waals surface area contributed by atoms with Crippen LogP contribution in [0.1, 0.15) is 50.9 Å². The zero-order chi connectivity index (χ0) is 24.7. The molecule has 1 heterocycles. The predicted molar refractivity (Wildman–Crippen MR) is 137 cm³/mol. The molecule has 2 aromatic carbocycles. The molecule has 0 saturated carbocycles. The lowest BCUT2D eigenvalue weighted by Gasteiger charge is -2.30. The number of rotatable bonds is 12. The van der Waals surface area contributed by atoms with Gasteiger partial charge in [0, 0.05) is 19.1 Å². The Bertz CT molecular complexity index is 1030. The minimum Gasteiger partial charge on any atom is -0.439 e. The van der Waals surface area contributed by atoms with Crippen LogP contribution in [0.2, 0.25) is 0 Å². The average molecular weight is 466 g/mol. The van der Waals surface area contributed by atoms with E-state index in [1.807, 2.05) is 74.0 Å². The highest BCUT2D eigenvalue weighted by Gasteiger charge is 2.25. The van der Waals surface area contributed by atoms with Gasteiger partial charge >= 0.3 is 0 Å². The fraction of sp³-hybridized carbons (Fsp3) is 0.464. The van der Waals surface area contributed by atoms with Crippen molar-refractivity contribution in [3.05, 3.63) is 71.4 Å². The summed E-state index contributed by atoms with van der Waals surface area (Å²) in [4.78, 5) is 2.29. The van der Waals surface area contributed by atoms with Gasteiger partial charge < -0.3 is 14.6 Å². The summed E-state index contributed by atoms with van der Waals surface area (Å²) >= 11 is 0. The van der Waals surface area contributed by atoms with E-state index < -0.39 is 6.10 Å². The number of aliphatic hydroxyl groups is 1. The summed E-state index contributed by atoms with van der Waals surface area (Å²) in [6.07, 6.45) is 0.493. The Kier molecular flexibility index (Phi) is 9.28. The van der Waals surface area contributed by atoms with E-state index >= 15 is 0 Å². The molecule has 6 heteroatoms. The summed E-state index contributed by atoms with van der Waals surface area (Å²) in [5, 5.41) is 15.5. The Morgan fingerprint density at radius 2 is 1.76 bits per heavy atom. The Morgan fingerprint density at radius 3 is 2.41 bits per heavy atom. The number of hydrogen-bond donors (Lipinski definition) is 1. The molecule has 34 heavy (non-hydrogen) atoms. The first-order chi connectivity index (χ1) is 16.3. The van der Waals surface area contributed by atoms with Crippen LogP contribution < -0.4 is 4.74 Å². The second-order valence-corrected chi connectivity index (χ2v) is 9.26. The lowest BCUT2D eigenvalue weighted by Crippen LogP contribution is -2.40. The van der Waals surface area contributed by atoms with Crippen LogP contribution in [0.15, 0.2) is 54.6 Å². The van der Waals surface area contributed by atoms with E-state index in [4.69, 9.17) is 14.6 Å². The maximum atomic E-state index is 10.7. The number of benzene rings is 2. The highest BCUT2D eigenvalue weighted by Crippen LogP contribution is 2.32. The molecule has 6 nitrogen and oxygen atoms in total. The number of aliphatic hydroxyl groups excluding tert-OH is 1. The third-order valence-corrected chi connectivity index (χ3v) is 5.98. The molecule has 0 unspecified atom stereocenters. The van der Waals surface area contributed by atoms with Gasteiger partial charge in [-0.1, -0.05) is 37.3 Å². The first-order valence-electron chi connectivity index (χ1n) is 12.2. The minimum atomic E-state index is -0.568. The second kappa shape index (κ2) is 12.2. The van der Waals surface area contributed by atoms with E-state index in [-0.39, 0.29) is 12.1 Å². The average Bonchev–Trinajstić information content (AvgIpc) is 3.12. The van der Waals surface area contributed by atoms with Gasteiger partial charge in [-0.3, -0.25) is 4.90 Å². The van der Waals surface area contributed by atoms with Crippen LogP contribution in [0.4, 0.5) is 0 Å². The number of aromatic nitrogens is 2. The summed E-state index contributed by atoms with van der Waals surface area (Å²) in [7, 11) is 0. The summed E-state index contributed by atoms with van der Waals surface area (Å²) in [6, 6.07) is 18.4. The molecular weight excluding hydrogens is 426 g/mol. The molecule has 2 atom stereocenters. The van der Waals surface area contributed by atoms with E-state index in [1.54, 1.807) is 0 Å². The maximum absolute atomic E-state index is 10.7. The van der Waals surface area contributed by atoms with Crippen molar-refractivity contribution in [2.75, 3.05) is 13.2 Å². The molecule has 0 amide bonds. The topological polar surface area (TPSA) is 59.8 Å². The van der Waals surface area contributed by atoms with Crippen LogP contribution in [0.5, 0.6) is 11.6 Å². The SMILES string of the molecule is CC[C@@H](C)N(Cc1c(C)nn(-c2ccccc2)c1Oc1cccc(C)c1)C[C@H](O)COC(C)C. The first kappa shape index (κ1) is 25.9. The number of hydrogen-bond acceptors (Lipinski definition) is 5. The molecule has 0 fully saturated rings. The van der Waals surface area contributed by atoms with Gasteiger partial charge in [-0.15, -0.1) is 0 Å². The largest absolute Gasteiger partial charge is 0.439 e. The normalized spacial score (nSPS) is 13.4. The van der Waals surface area contributed by atoms with Gasteiger partial charge in [-0.05, 0) is 70.9 Å². The first-order valence-corrected chi connectivity index (χ1v) is 12.2. The van der Waals surface area contributed by atoms with Crippen molar-refractivity contribution in [3.8, 4) is 17.3 Å². The predicted octanol–water partition coefficient (Wildman–Crippen LogP) is 5.67. The van der Waals surface area contributed by atoms with E-state index in [9.17, 15) is 5.11 Å². The van der Waals surface area contributed by atoms with Gasteiger partial charge in [-0.2, -0.15) is 5.10 Å². The van der Waals surface area contributed by atoms with Gasteiger partial charge in [0.25, 0.3) is 0 Å². The Hall–Kier alpha value is -2.67. The third kappa shape index (κ3) is 6.92. The van der Waals surface area contributed by atoms with Crippen LogP contribution in [0.25, 0.3) is 5.69 Å². The molecule has 0 aliphatic rings. The lowest BCUT2D eigenvalue weighted by molar-refractivity contribution is -0.0150. The molecule has 184 valence electrons. The van der Waals surface area contributed by atoms with Crippen LogP contribution >= 0.6 is 0 Å². The van der Waals surface area contributed by atoms with E-state index in [2.05, 4.69) is 31.7 Å². The fourth-order valence-electron chi connectivity index (χ4n) is 3.85. The number of ether oxygens (including phenoxy) is 2. The molecule has 0 saturated heterocycles. The van der Waals surface area contributed by atoms with Gasteiger partial charge in [0.15, 0.2) is 0 Å². The maximum Gasteiger partial charge on any atom is 0.227 e. The summed E-state index contributed by atoms with van der Waals surface area (Å²) in [5.74, 6) is 1.48. The molecule has 1 aromatic heterocycles. The van der Waals surface area contributed by atoms with Crippen LogP contribution in [0.3, 0.4) is 0 Å². The minimum absolute atomic E-state index is 0.0902. The number of para-hydroxylation sites is 1. The van der Waals surface area contributed by atoms with Gasteiger partial charge in [0.2, 0.25) is 5.88 Å². The monoisotopic (exact) mass is 465 g/mol. The lowest BCUT2D eigenvalue weighted by atomic mass is 10.1. The molecule has 0 spiro atoms. The van der Waals surface area contributed by atoms with Crippen molar-refractivity contribution in [1.82, 2.24) is 14.7 Å². The number of nitrogens with zero attached hydrogens (tertiary/aromatic N) is 3. The zero-order valence-electron chi connectivity index (χ0n) is 21.4. The summed E-state index contributed by atoms with van der Waals surface area (Å²) < 4.78 is 14.0. The van der Waals surface area contributed by atoms with Crippen LogP contribution in [-0.4, -0.2) is 51.2 Å². The van der Waals surface area contributed by atoms with Gasteiger partial charge in [-0.25, -0.2) is 4.68 Å². The smallest absolute Gasteiger partial charge is 0.227 e. The second-order valence-electron chi connectivity index (χ2n) is 9.26. The van der Waals surface area contributed by atoms with Gasteiger partial charge in [0.05, 0.1) is 35.8 Å². The Labute approximate surface area is 204 Å². The molecule has 0 radical (unpaired) electrons. The van der Waals surface area contributed by atoms with Crippen molar-refractivity contribution in [3.63, 3.8) is 0 Å². The highest BCUT2D eigenvalue weighted by atomic mass is 16.5. The van der Waals surface area contributed by atoms with Crippen molar-refractivity contribution in [1.29, 1.82) is 0 Å². The van der Waals surface area contributed by atoms with E-state index in [1.165, 1.54) is 0 Å². The van der Waals surface area contributed by atoms with E-state index in [0.29, 0.717) is 25.6 Å². The van der Waals surface area contributed by atoms with Crippen molar-refractivity contribution >= 4 is 0 Å². The molecule has 0 bridgehead atoms. The van der Waals surface area contributed by atoms with Gasteiger partial charge in [0.1, 0.15) is 5.75 Å². The molecule has 3 aromatic rings. The molecule has 0 aliphatic carbocycles. The standard InChI is InChI=1S/C28H39N3O3/c1-7-22(5)30(17-25(32)19-33-20(2)3)18-27-23(6)29-31(24-13-9-8-10-14-24)28(27)34-26-15-11-12-21(4)16-26/h8-16,20,22,25,32H,7,17-19H2,1-6H3/t22-,25+/m1/s1. The summed E-state index contributed by atoms with van der Waals surface area (Å²) in [6.45, 7) is 13.8. The molecular formula is C28H39N3O3. The van der Waals surface area contributed by atoms with E-state index in [0.717, 1.165) is 34.7 Å². The molecule has 3 rings (SSSR count). The van der Waals surface area contributed by atoms with Crippen LogP contribution in [0, 0.1) is 13.8 Å². The van der Waals surface area contributed by atoms with Crippen molar-refractivity contribution < 1.29 is 14.6 Å². The quantitative estimate of drug-likeness (QED) is 0.374. The molecule has 0 aliphatic heterocycles. The summed E-state index contributed by atoms with van der Waals surface area (Å²) in [5.41, 5.74) is 4.01. The van der Waals surface area contributed by atoms with Crippen molar-refractivity contribution in [2.45, 2.75) is 72.8 Å².